The van der Waals surface area contributed by atoms with Crippen LogP contribution in [0.1, 0.15) is 16.1 Å². The van der Waals surface area contributed by atoms with Gasteiger partial charge in [0, 0.05) is 18.8 Å². The first kappa shape index (κ1) is 16.8. The summed E-state index contributed by atoms with van der Waals surface area (Å²) in [6, 6.07) is 13.8. The van der Waals surface area contributed by atoms with Gasteiger partial charge in [0.05, 0.1) is 18.4 Å². The van der Waals surface area contributed by atoms with Crippen molar-refractivity contribution in [3.63, 3.8) is 0 Å². The number of aromatic amines is 1. The van der Waals surface area contributed by atoms with Crippen LogP contribution in [0.25, 0.3) is 22.2 Å². The number of anilines is 1. The quantitative estimate of drug-likeness (QED) is 0.582. The zero-order valence-electron chi connectivity index (χ0n) is 15.3. The predicted octanol–water partition coefficient (Wildman–Crippen LogP) is 3.53. The zero-order chi connectivity index (χ0) is 19.0. The lowest BCUT2D eigenvalue weighted by atomic mass is 10.0. The van der Waals surface area contributed by atoms with E-state index in [0.717, 1.165) is 22.2 Å². The Morgan fingerprint density at radius 2 is 1.96 bits per heavy atom. The molecule has 0 fully saturated rings. The molecule has 7 heteroatoms. The average molecular weight is 361 g/mol. The summed E-state index contributed by atoms with van der Waals surface area (Å²) < 4.78 is 7.06. The number of fused-ring (bicyclic) bond motifs is 1. The van der Waals surface area contributed by atoms with Crippen molar-refractivity contribution in [2.45, 2.75) is 6.92 Å². The Hall–Kier alpha value is -3.61. The van der Waals surface area contributed by atoms with Gasteiger partial charge in [-0.2, -0.15) is 5.10 Å². The van der Waals surface area contributed by atoms with E-state index in [2.05, 4.69) is 20.4 Å². The smallest absolute Gasteiger partial charge is 0.261 e. The van der Waals surface area contributed by atoms with E-state index in [-0.39, 0.29) is 5.91 Å². The van der Waals surface area contributed by atoms with Gasteiger partial charge in [0.1, 0.15) is 16.8 Å². The Kier molecular flexibility index (Phi) is 4.12. The second-order valence-electron chi connectivity index (χ2n) is 6.25. The second-order valence-corrected chi connectivity index (χ2v) is 6.25. The van der Waals surface area contributed by atoms with Crippen LogP contribution in [-0.2, 0) is 7.05 Å². The molecular formula is C20H19N5O2. The molecule has 0 aliphatic carbocycles. The fourth-order valence-corrected chi connectivity index (χ4v) is 3.15. The number of nitrogens with one attached hydrogen (secondary N) is 2. The van der Waals surface area contributed by atoms with Crippen LogP contribution < -0.4 is 10.1 Å². The van der Waals surface area contributed by atoms with Crippen LogP contribution in [0.4, 0.5) is 5.95 Å². The van der Waals surface area contributed by atoms with Crippen molar-refractivity contribution in [2.24, 2.45) is 7.05 Å². The first-order chi connectivity index (χ1) is 13.1. The number of H-pyrrole nitrogens is 1. The number of rotatable bonds is 4. The van der Waals surface area contributed by atoms with Crippen LogP contribution in [0.5, 0.6) is 5.75 Å². The lowest BCUT2D eigenvalue weighted by Crippen LogP contribution is -2.13. The number of nitrogens with zero attached hydrogens (tertiary/aromatic N) is 3. The molecule has 2 aromatic carbocycles. The Labute approximate surface area is 156 Å². The molecule has 4 rings (SSSR count). The Balaban J connectivity index is 1.77. The predicted molar refractivity (Wildman–Crippen MR) is 104 cm³/mol. The monoisotopic (exact) mass is 361 g/mol. The maximum atomic E-state index is 12.6. The van der Waals surface area contributed by atoms with E-state index in [0.29, 0.717) is 23.0 Å². The van der Waals surface area contributed by atoms with Gasteiger partial charge in [0.25, 0.3) is 5.91 Å². The number of aromatic nitrogens is 4. The van der Waals surface area contributed by atoms with Crippen molar-refractivity contribution in [1.29, 1.82) is 0 Å². The largest absolute Gasteiger partial charge is 0.494 e. The van der Waals surface area contributed by atoms with E-state index >= 15 is 0 Å². The normalized spacial score (nSPS) is 10.9. The van der Waals surface area contributed by atoms with Gasteiger partial charge in [0.15, 0.2) is 0 Å². The molecule has 0 spiro atoms. The van der Waals surface area contributed by atoms with Crippen molar-refractivity contribution < 1.29 is 9.53 Å². The fourth-order valence-electron chi connectivity index (χ4n) is 3.15. The van der Waals surface area contributed by atoms with E-state index in [4.69, 9.17) is 4.74 Å². The molecule has 2 heterocycles. The van der Waals surface area contributed by atoms with Crippen LogP contribution in [0.2, 0.25) is 0 Å². The fraction of sp³-hybridized carbons (Fsp3) is 0.150. The third kappa shape index (κ3) is 3.03. The zero-order valence-corrected chi connectivity index (χ0v) is 15.3. The van der Waals surface area contributed by atoms with Gasteiger partial charge in [-0.05, 0) is 24.6 Å². The number of aryl methyl sites for hydroxylation is 2. The minimum absolute atomic E-state index is 0.264. The molecule has 0 bridgehead atoms. The molecule has 0 saturated heterocycles. The van der Waals surface area contributed by atoms with Gasteiger partial charge < -0.3 is 9.72 Å². The summed E-state index contributed by atoms with van der Waals surface area (Å²) in [6.45, 7) is 1.80. The van der Waals surface area contributed by atoms with Crippen molar-refractivity contribution in [3.05, 3.63) is 59.9 Å². The number of carbonyl (C=O) groups excluding carboxylic acids is 1. The standard InChI is InChI=1S/C20H19N5O2/c1-12-15(11-25(2)24-12)19(26)23-20-21-17-14(13-7-5-4-6-8-13)9-10-16(27-3)18(17)22-20/h4-11H,1-3H3,(H2,21,22,23,26). The molecule has 27 heavy (non-hydrogen) atoms. The number of hydrogen-bond acceptors (Lipinski definition) is 4. The number of hydrogen-bond donors (Lipinski definition) is 2. The highest BCUT2D eigenvalue weighted by molar-refractivity contribution is 6.05. The first-order valence-electron chi connectivity index (χ1n) is 8.50. The highest BCUT2D eigenvalue weighted by atomic mass is 16.5. The third-order valence-corrected chi connectivity index (χ3v) is 4.40. The molecule has 2 N–H and O–H groups in total. The van der Waals surface area contributed by atoms with E-state index in [1.54, 1.807) is 32.0 Å². The number of ether oxygens (including phenoxy) is 1. The van der Waals surface area contributed by atoms with Crippen LogP contribution >= 0.6 is 0 Å². The molecule has 4 aromatic rings. The minimum atomic E-state index is -0.264. The van der Waals surface area contributed by atoms with Gasteiger partial charge in [0.2, 0.25) is 5.95 Å². The molecule has 7 nitrogen and oxygen atoms in total. The summed E-state index contributed by atoms with van der Waals surface area (Å²) >= 11 is 0. The molecule has 136 valence electrons. The number of carbonyl (C=O) groups is 1. The molecular weight excluding hydrogens is 342 g/mol. The van der Waals surface area contributed by atoms with Crippen molar-refractivity contribution >= 4 is 22.9 Å². The molecule has 0 aliphatic rings. The van der Waals surface area contributed by atoms with Crippen molar-refractivity contribution in [3.8, 4) is 16.9 Å². The lowest BCUT2D eigenvalue weighted by Gasteiger charge is -2.05. The summed E-state index contributed by atoms with van der Waals surface area (Å²) in [5.41, 5.74) is 4.64. The van der Waals surface area contributed by atoms with Crippen molar-refractivity contribution in [1.82, 2.24) is 19.7 Å². The number of amides is 1. The van der Waals surface area contributed by atoms with E-state index < -0.39 is 0 Å². The summed E-state index contributed by atoms with van der Waals surface area (Å²) in [7, 11) is 3.39. The minimum Gasteiger partial charge on any atom is -0.494 e. The second kappa shape index (κ2) is 6.60. The van der Waals surface area contributed by atoms with Crippen LogP contribution in [0.3, 0.4) is 0 Å². The SMILES string of the molecule is COc1ccc(-c2ccccc2)c2nc(NC(=O)c3cn(C)nc3C)[nH]c12. The molecule has 0 saturated carbocycles. The molecule has 0 atom stereocenters. The summed E-state index contributed by atoms with van der Waals surface area (Å²) in [5.74, 6) is 0.759. The summed E-state index contributed by atoms with van der Waals surface area (Å²) in [5, 5.41) is 7.02. The lowest BCUT2D eigenvalue weighted by molar-refractivity contribution is 0.102. The molecule has 1 amide bonds. The molecule has 2 aromatic heterocycles. The maximum absolute atomic E-state index is 12.6. The van der Waals surface area contributed by atoms with Gasteiger partial charge in [-0.25, -0.2) is 4.98 Å². The number of imidazole rings is 1. The Bertz CT molecular complexity index is 1130. The summed E-state index contributed by atoms with van der Waals surface area (Å²) in [4.78, 5) is 20.3. The van der Waals surface area contributed by atoms with Gasteiger partial charge >= 0.3 is 0 Å². The molecule has 0 unspecified atom stereocenters. The third-order valence-electron chi connectivity index (χ3n) is 4.40. The molecule has 0 aliphatic heterocycles. The van der Waals surface area contributed by atoms with E-state index in [1.807, 2.05) is 42.5 Å². The van der Waals surface area contributed by atoms with Crippen molar-refractivity contribution in [2.75, 3.05) is 12.4 Å². The maximum Gasteiger partial charge on any atom is 0.261 e. The first-order valence-corrected chi connectivity index (χ1v) is 8.50. The van der Waals surface area contributed by atoms with Crippen LogP contribution in [0.15, 0.2) is 48.7 Å². The highest BCUT2D eigenvalue weighted by Gasteiger charge is 2.17. The van der Waals surface area contributed by atoms with Gasteiger partial charge in [-0.1, -0.05) is 30.3 Å². The topological polar surface area (TPSA) is 84.8 Å². The van der Waals surface area contributed by atoms with Gasteiger partial charge in [-0.15, -0.1) is 0 Å². The summed E-state index contributed by atoms with van der Waals surface area (Å²) in [6.07, 6.45) is 1.68. The number of methoxy groups -OCH3 is 1. The Morgan fingerprint density at radius 3 is 2.63 bits per heavy atom. The van der Waals surface area contributed by atoms with E-state index in [9.17, 15) is 4.79 Å². The average Bonchev–Trinajstić information content (AvgIpc) is 3.24. The van der Waals surface area contributed by atoms with Crippen LogP contribution in [0, 0.1) is 6.92 Å². The Morgan fingerprint density at radius 1 is 1.19 bits per heavy atom. The number of benzene rings is 2. The highest BCUT2D eigenvalue weighted by Crippen LogP contribution is 2.33. The van der Waals surface area contributed by atoms with E-state index in [1.165, 1.54) is 0 Å². The van der Waals surface area contributed by atoms with Gasteiger partial charge in [-0.3, -0.25) is 14.8 Å². The molecule has 0 radical (unpaired) electrons. The van der Waals surface area contributed by atoms with Crippen LogP contribution in [-0.4, -0.2) is 32.8 Å².